The number of carbonyl (C=O) groups excluding carboxylic acids is 1. The molecule has 0 aliphatic rings. The predicted octanol–water partition coefficient (Wildman–Crippen LogP) is 3.17. The highest BCUT2D eigenvalue weighted by Crippen LogP contribution is 2.35. The van der Waals surface area contributed by atoms with Crippen LogP contribution in [0.15, 0.2) is 30.3 Å². The Morgan fingerprint density at radius 3 is 2.40 bits per heavy atom. The van der Waals surface area contributed by atoms with E-state index in [1.807, 2.05) is 18.2 Å². The second kappa shape index (κ2) is 8.35. The topological polar surface area (TPSA) is 74.6 Å². The fourth-order valence-corrected chi connectivity index (χ4v) is 2.84. The average Bonchev–Trinajstić information content (AvgIpc) is 2.37. The molecule has 0 saturated carbocycles. The van der Waals surface area contributed by atoms with Gasteiger partial charge in [0.15, 0.2) is 0 Å². The van der Waals surface area contributed by atoms with Crippen LogP contribution in [-0.2, 0) is 15.8 Å². The number of hydrogen-bond acceptors (Lipinski definition) is 2. The van der Waals surface area contributed by atoms with Gasteiger partial charge in [0.25, 0.3) is 0 Å². The first kappa shape index (κ1) is 17.1. The summed E-state index contributed by atoms with van der Waals surface area (Å²) < 4.78 is 10.8. The Balaban J connectivity index is 2.14. The number of benzene rings is 1. The van der Waals surface area contributed by atoms with Crippen LogP contribution in [0.2, 0.25) is 0 Å². The zero-order chi connectivity index (χ0) is 15.0. The second-order valence-electron chi connectivity index (χ2n) is 5.28. The van der Waals surface area contributed by atoms with Gasteiger partial charge in [0.05, 0.1) is 0 Å². The molecule has 1 rings (SSSR count). The molecule has 0 heterocycles. The van der Waals surface area contributed by atoms with Gasteiger partial charge >= 0.3 is 7.60 Å². The Bertz CT molecular complexity index is 452. The van der Waals surface area contributed by atoms with Gasteiger partial charge in [-0.25, -0.2) is 0 Å². The van der Waals surface area contributed by atoms with E-state index in [-0.39, 0.29) is 11.7 Å². The van der Waals surface area contributed by atoms with Crippen molar-refractivity contribution in [3.8, 4) is 0 Å². The minimum atomic E-state index is -4.21. The molecule has 0 aliphatic heterocycles. The monoisotopic (exact) mass is 298 g/mol. The molecule has 0 bridgehead atoms. The first-order valence-electron chi connectivity index (χ1n) is 6.99. The van der Waals surface area contributed by atoms with Crippen molar-refractivity contribution in [2.24, 2.45) is 5.92 Å². The first-order chi connectivity index (χ1) is 9.38. The van der Waals surface area contributed by atoms with E-state index in [0.717, 1.165) is 25.7 Å². The van der Waals surface area contributed by atoms with E-state index in [1.54, 1.807) is 6.92 Å². The van der Waals surface area contributed by atoms with Gasteiger partial charge in [-0.1, -0.05) is 50.1 Å². The third-order valence-electron chi connectivity index (χ3n) is 3.36. The molecule has 1 aromatic rings. The lowest BCUT2D eigenvalue weighted by Crippen LogP contribution is -2.15. The summed E-state index contributed by atoms with van der Waals surface area (Å²) >= 11 is 0. The number of hydrogen-bond donors (Lipinski definition) is 2. The molecule has 1 aromatic carbocycles. The molecule has 4 nitrogen and oxygen atoms in total. The lowest BCUT2D eigenvalue weighted by molar-refractivity contribution is -0.120. The summed E-state index contributed by atoms with van der Waals surface area (Å²) in [6, 6.07) is 10.3. The largest absolute Gasteiger partial charge is 0.332 e. The number of carbonyl (C=O) groups is 1. The van der Waals surface area contributed by atoms with Crippen molar-refractivity contribution in [1.29, 1.82) is 0 Å². The number of unbranched alkanes of at least 4 members (excludes halogenated alkanes) is 2. The molecule has 1 unspecified atom stereocenters. The Morgan fingerprint density at radius 1 is 1.15 bits per heavy atom. The normalized spacial score (nSPS) is 13.2. The highest BCUT2D eigenvalue weighted by Gasteiger charge is 2.22. The quantitative estimate of drug-likeness (QED) is 0.542. The van der Waals surface area contributed by atoms with Crippen LogP contribution in [0.3, 0.4) is 0 Å². The molecule has 0 saturated heterocycles. The van der Waals surface area contributed by atoms with Crippen LogP contribution in [0.1, 0.15) is 38.2 Å². The Kier molecular flexibility index (Phi) is 7.14. The summed E-state index contributed by atoms with van der Waals surface area (Å²) in [6.45, 7) is 1.75. The van der Waals surface area contributed by atoms with E-state index in [9.17, 15) is 9.36 Å². The summed E-state index contributed by atoms with van der Waals surface area (Å²) in [5.74, 6) is -0.597. The molecule has 0 aliphatic carbocycles. The highest BCUT2D eigenvalue weighted by molar-refractivity contribution is 7.52. The maximum Gasteiger partial charge on any atom is 0.332 e. The Morgan fingerprint density at radius 2 is 1.80 bits per heavy atom. The van der Waals surface area contributed by atoms with Crippen LogP contribution >= 0.6 is 7.60 Å². The molecule has 20 heavy (non-hydrogen) atoms. The van der Waals surface area contributed by atoms with Crippen molar-refractivity contribution >= 4 is 13.4 Å². The summed E-state index contributed by atoms with van der Waals surface area (Å²) in [5.41, 5.74) is 1.32. The van der Waals surface area contributed by atoms with E-state index in [2.05, 4.69) is 12.1 Å². The average molecular weight is 298 g/mol. The van der Waals surface area contributed by atoms with E-state index in [0.29, 0.717) is 6.42 Å². The van der Waals surface area contributed by atoms with Crippen molar-refractivity contribution in [3.05, 3.63) is 35.9 Å². The first-order valence-corrected chi connectivity index (χ1v) is 8.79. The number of rotatable bonds is 9. The van der Waals surface area contributed by atoms with Crippen molar-refractivity contribution in [2.75, 3.05) is 6.16 Å². The minimum Gasteiger partial charge on any atom is -0.324 e. The van der Waals surface area contributed by atoms with Crippen molar-refractivity contribution < 1.29 is 19.1 Å². The number of aryl methyl sites for hydroxylation is 1. The molecular formula is C15H23O4P. The van der Waals surface area contributed by atoms with Crippen LogP contribution < -0.4 is 0 Å². The molecule has 0 radical (unpaired) electrons. The van der Waals surface area contributed by atoms with E-state index < -0.39 is 13.8 Å². The van der Waals surface area contributed by atoms with Gasteiger partial charge in [0.2, 0.25) is 0 Å². The van der Waals surface area contributed by atoms with Crippen LogP contribution in [0.5, 0.6) is 0 Å². The fraction of sp³-hybridized carbons (Fsp3) is 0.533. The van der Waals surface area contributed by atoms with Crippen molar-refractivity contribution in [2.45, 2.75) is 39.0 Å². The van der Waals surface area contributed by atoms with Crippen molar-refractivity contribution in [1.82, 2.24) is 0 Å². The summed E-state index contributed by atoms with van der Waals surface area (Å²) in [5, 5.41) is 0. The standard InChI is InChI=1S/C15H23O4P/c1-13(15(16)12-20(17,18)19)8-4-2-5-9-14-10-6-3-7-11-14/h3,6-7,10-11,13H,2,4-5,8-9,12H2,1H3,(H2,17,18,19). The lowest BCUT2D eigenvalue weighted by Gasteiger charge is -2.11. The van der Waals surface area contributed by atoms with Crippen LogP contribution in [0.4, 0.5) is 0 Å². The smallest absolute Gasteiger partial charge is 0.324 e. The Hall–Kier alpha value is -0.960. The van der Waals surface area contributed by atoms with Crippen LogP contribution in [-0.4, -0.2) is 21.7 Å². The van der Waals surface area contributed by atoms with Gasteiger partial charge in [-0.15, -0.1) is 0 Å². The third kappa shape index (κ3) is 7.59. The van der Waals surface area contributed by atoms with Gasteiger partial charge in [0, 0.05) is 5.92 Å². The van der Waals surface area contributed by atoms with E-state index in [4.69, 9.17) is 9.79 Å². The van der Waals surface area contributed by atoms with Gasteiger partial charge in [-0.2, -0.15) is 0 Å². The molecule has 112 valence electrons. The van der Waals surface area contributed by atoms with Gasteiger partial charge < -0.3 is 9.79 Å². The molecule has 5 heteroatoms. The predicted molar refractivity (Wildman–Crippen MR) is 79.7 cm³/mol. The zero-order valence-corrected chi connectivity index (χ0v) is 12.8. The third-order valence-corrected chi connectivity index (χ3v) is 4.08. The van der Waals surface area contributed by atoms with Crippen LogP contribution in [0.25, 0.3) is 0 Å². The number of Topliss-reactive ketones (excluding diaryl/α,β-unsaturated/α-hetero) is 1. The van der Waals surface area contributed by atoms with Gasteiger partial charge in [-0.05, 0) is 24.8 Å². The molecule has 1 atom stereocenters. The van der Waals surface area contributed by atoms with Gasteiger partial charge in [0.1, 0.15) is 11.9 Å². The maximum atomic E-state index is 11.6. The summed E-state index contributed by atoms with van der Waals surface area (Å²) in [6.07, 6.45) is 4.13. The molecule has 2 N–H and O–H groups in total. The fourth-order valence-electron chi connectivity index (χ4n) is 2.12. The second-order valence-corrected chi connectivity index (χ2v) is 6.92. The maximum absolute atomic E-state index is 11.6. The molecule has 0 amide bonds. The zero-order valence-electron chi connectivity index (χ0n) is 11.9. The minimum absolute atomic E-state index is 0.264. The van der Waals surface area contributed by atoms with E-state index in [1.165, 1.54) is 5.56 Å². The summed E-state index contributed by atoms with van der Waals surface area (Å²) in [7, 11) is -4.21. The van der Waals surface area contributed by atoms with E-state index >= 15 is 0 Å². The molecule has 0 spiro atoms. The molecule has 0 fully saturated rings. The Labute approximate surface area is 120 Å². The highest BCUT2D eigenvalue weighted by atomic mass is 31.2. The summed E-state index contributed by atoms with van der Waals surface area (Å²) in [4.78, 5) is 29.1. The van der Waals surface area contributed by atoms with Crippen LogP contribution in [0, 0.1) is 5.92 Å². The molecule has 0 aromatic heterocycles. The lowest BCUT2D eigenvalue weighted by atomic mass is 9.98. The van der Waals surface area contributed by atoms with Crippen molar-refractivity contribution in [3.63, 3.8) is 0 Å². The van der Waals surface area contributed by atoms with Gasteiger partial charge in [-0.3, -0.25) is 9.36 Å². The SMILES string of the molecule is CC(CCCCCc1ccccc1)C(=O)CP(=O)(O)O. The molecular weight excluding hydrogens is 275 g/mol. The number of ketones is 1.